The average molecular weight is 367 g/mol. The van der Waals surface area contributed by atoms with Crippen LogP contribution in [0.15, 0.2) is 12.1 Å². The fourth-order valence-electron chi connectivity index (χ4n) is 4.75. The Labute approximate surface area is 153 Å². The lowest BCUT2D eigenvalue weighted by molar-refractivity contribution is -0.138. The Kier molecular flexibility index (Phi) is 5.36. The summed E-state index contributed by atoms with van der Waals surface area (Å²) in [5.41, 5.74) is 6.84. The van der Waals surface area contributed by atoms with Gasteiger partial charge in [0.1, 0.15) is 0 Å². The zero-order chi connectivity index (χ0) is 19.1. The summed E-state index contributed by atoms with van der Waals surface area (Å²) < 4.78 is 41.4. The molecule has 0 heterocycles. The lowest BCUT2D eigenvalue weighted by Crippen LogP contribution is -2.31. The number of primary amides is 1. The van der Waals surface area contributed by atoms with Gasteiger partial charge >= 0.3 is 6.18 Å². The molecule has 3 rings (SSSR count). The van der Waals surface area contributed by atoms with Gasteiger partial charge < -0.3 is 5.73 Å². The van der Waals surface area contributed by atoms with Crippen molar-refractivity contribution in [3.63, 3.8) is 0 Å². The van der Waals surface area contributed by atoms with E-state index in [1.165, 1.54) is 6.07 Å². The molecule has 5 heteroatoms. The summed E-state index contributed by atoms with van der Waals surface area (Å²) in [6, 6.07) is 3.00. The molecule has 2 aliphatic carbocycles. The van der Waals surface area contributed by atoms with Gasteiger partial charge in [-0.2, -0.15) is 13.2 Å². The van der Waals surface area contributed by atoms with Crippen molar-refractivity contribution in [3.05, 3.63) is 34.4 Å². The van der Waals surface area contributed by atoms with Crippen molar-refractivity contribution in [2.45, 2.75) is 76.8 Å². The molecule has 2 nitrogen and oxygen atoms in total. The zero-order valence-electron chi connectivity index (χ0n) is 15.5. The number of halogens is 3. The Balaban J connectivity index is 2.12. The number of alkyl halides is 3. The van der Waals surface area contributed by atoms with E-state index in [2.05, 4.69) is 13.8 Å². The van der Waals surface area contributed by atoms with Crippen molar-refractivity contribution in [2.75, 3.05) is 0 Å². The van der Waals surface area contributed by atoms with Crippen LogP contribution < -0.4 is 5.73 Å². The summed E-state index contributed by atoms with van der Waals surface area (Å²) in [5, 5.41) is 0. The first-order valence-corrected chi connectivity index (χ1v) is 9.71. The number of hydrogen-bond donors (Lipinski definition) is 1. The molecule has 1 saturated carbocycles. The van der Waals surface area contributed by atoms with Gasteiger partial charge in [0.05, 0.1) is 11.5 Å². The Morgan fingerprint density at radius 1 is 1.12 bits per heavy atom. The highest BCUT2D eigenvalue weighted by atomic mass is 19.4. The van der Waals surface area contributed by atoms with E-state index in [4.69, 9.17) is 5.73 Å². The van der Waals surface area contributed by atoms with E-state index < -0.39 is 23.6 Å². The van der Waals surface area contributed by atoms with Gasteiger partial charge in [0.2, 0.25) is 5.91 Å². The number of carbonyl (C=O) groups excluding carboxylic acids is 1. The van der Waals surface area contributed by atoms with Crippen molar-refractivity contribution < 1.29 is 18.0 Å². The lowest BCUT2D eigenvalue weighted by Gasteiger charge is -2.35. The molecule has 2 aliphatic rings. The molecule has 144 valence electrons. The van der Waals surface area contributed by atoms with Crippen LogP contribution >= 0.6 is 0 Å². The highest BCUT2D eigenvalue weighted by Gasteiger charge is 2.40. The Bertz CT molecular complexity index is 675. The molecule has 0 saturated heterocycles. The summed E-state index contributed by atoms with van der Waals surface area (Å²) in [6.45, 7) is 4.19. The topological polar surface area (TPSA) is 43.1 Å². The second-order valence-corrected chi connectivity index (χ2v) is 8.37. The Hall–Kier alpha value is -1.52. The van der Waals surface area contributed by atoms with Crippen molar-refractivity contribution in [1.82, 2.24) is 0 Å². The van der Waals surface area contributed by atoms with E-state index in [0.717, 1.165) is 44.1 Å². The van der Waals surface area contributed by atoms with Gasteiger partial charge in [-0.05, 0) is 66.2 Å². The summed E-state index contributed by atoms with van der Waals surface area (Å²) in [6.07, 6.45) is 1.56. The van der Waals surface area contributed by atoms with Crippen molar-refractivity contribution in [2.24, 2.45) is 17.6 Å². The van der Waals surface area contributed by atoms with Crippen molar-refractivity contribution in [1.29, 1.82) is 0 Å². The second kappa shape index (κ2) is 7.24. The normalized spacial score (nSPS) is 24.5. The number of rotatable bonds is 3. The van der Waals surface area contributed by atoms with Gasteiger partial charge in [-0.15, -0.1) is 0 Å². The molecule has 2 N–H and O–H groups in total. The lowest BCUT2D eigenvalue weighted by atomic mass is 9.70. The zero-order valence-corrected chi connectivity index (χ0v) is 15.5. The number of benzene rings is 1. The van der Waals surface area contributed by atoms with Crippen LogP contribution in [-0.2, 0) is 17.4 Å². The minimum Gasteiger partial charge on any atom is -0.369 e. The third-order valence-corrected chi connectivity index (χ3v) is 6.34. The van der Waals surface area contributed by atoms with Crippen LogP contribution in [0.2, 0.25) is 0 Å². The number of hydrogen-bond acceptors (Lipinski definition) is 1. The summed E-state index contributed by atoms with van der Waals surface area (Å²) in [4.78, 5) is 12.0. The molecule has 0 radical (unpaired) electrons. The number of nitrogens with two attached hydrogens (primary N) is 1. The number of amides is 1. The number of fused-ring (bicyclic) bond motifs is 1. The first kappa shape index (κ1) is 19.2. The maximum Gasteiger partial charge on any atom is 0.416 e. The maximum atomic E-state index is 13.8. The molecule has 0 bridgehead atoms. The Morgan fingerprint density at radius 2 is 1.77 bits per heavy atom. The molecular weight excluding hydrogens is 339 g/mol. The average Bonchev–Trinajstić information content (AvgIpc) is 2.59. The largest absolute Gasteiger partial charge is 0.416 e. The van der Waals surface area contributed by atoms with Gasteiger partial charge in [-0.25, -0.2) is 0 Å². The molecule has 0 aliphatic heterocycles. The van der Waals surface area contributed by atoms with Crippen LogP contribution in [0, 0.1) is 11.8 Å². The molecule has 2 atom stereocenters. The first-order valence-electron chi connectivity index (χ1n) is 9.71. The van der Waals surface area contributed by atoms with E-state index in [0.29, 0.717) is 23.5 Å². The third kappa shape index (κ3) is 3.77. The molecular formula is C21H28F3NO. The van der Waals surface area contributed by atoms with Crippen LogP contribution in [0.3, 0.4) is 0 Å². The van der Waals surface area contributed by atoms with E-state index in [1.54, 1.807) is 6.07 Å². The highest BCUT2D eigenvalue weighted by molar-refractivity contribution is 5.83. The quantitative estimate of drug-likeness (QED) is 0.749. The van der Waals surface area contributed by atoms with Crippen molar-refractivity contribution in [3.8, 4) is 0 Å². The number of carbonyl (C=O) groups is 1. The molecule has 2 unspecified atom stereocenters. The Morgan fingerprint density at radius 3 is 2.31 bits per heavy atom. The molecule has 1 fully saturated rings. The van der Waals surface area contributed by atoms with Gasteiger partial charge in [-0.1, -0.05) is 39.2 Å². The van der Waals surface area contributed by atoms with E-state index in [1.807, 2.05) is 0 Å². The smallest absolute Gasteiger partial charge is 0.369 e. The minimum absolute atomic E-state index is 0.0304. The molecule has 26 heavy (non-hydrogen) atoms. The summed E-state index contributed by atoms with van der Waals surface area (Å²) in [7, 11) is 0. The monoisotopic (exact) mass is 367 g/mol. The third-order valence-electron chi connectivity index (χ3n) is 6.34. The fourth-order valence-corrected chi connectivity index (χ4v) is 4.75. The molecule has 0 spiro atoms. The first-order chi connectivity index (χ1) is 12.2. The van der Waals surface area contributed by atoms with Gasteiger partial charge in [0.15, 0.2) is 0 Å². The van der Waals surface area contributed by atoms with Crippen LogP contribution in [0.25, 0.3) is 0 Å². The highest BCUT2D eigenvalue weighted by Crippen LogP contribution is 2.46. The van der Waals surface area contributed by atoms with E-state index in [9.17, 15) is 18.0 Å². The van der Waals surface area contributed by atoms with E-state index in [-0.39, 0.29) is 11.8 Å². The van der Waals surface area contributed by atoms with Crippen LogP contribution in [0.5, 0.6) is 0 Å². The van der Waals surface area contributed by atoms with Crippen LogP contribution in [0.4, 0.5) is 13.2 Å². The summed E-state index contributed by atoms with van der Waals surface area (Å²) in [5.74, 6) is -0.527. The molecule has 1 aromatic rings. The molecule has 1 aromatic carbocycles. The second-order valence-electron chi connectivity index (χ2n) is 8.37. The maximum absolute atomic E-state index is 13.8. The van der Waals surface area contributed by atoms with Gasteiger partial charge in [0.25, 0.3) is 0 Å². The predicted molar refractivity (Wildman–Crippen MR) is 95.9 cm³/mol. The van der Waals surface area contributed by atoms with Gasteiger partial charge in [0, 0.05) is 0 Å². The molecule has 1 amide bonds. The van der Waals surface area contributed by atoms with E-state index >= 15 is 0 Å². The molecule has 0 aromatic heterocycles. The van der Waals surface area contributed by atoms with Gasteiger partial charge in [-0.3, -0.25) is 4.79 Å². The predicted octanol–water partition coefficient (Wildman–Crippen LogP) is 5.54. The SMILES string of the molecule is CC(C)C1Cc2cc(C3CCCCC3)c(C(F)(F)F)cc2C(C(N)=O)C1. The van der Waals surface area contributed by atoms with Crippen LogP contribution in [-0.4, -0.2) is 5.91 Å². The van der Waals surface area contributed by atoms with Crippen LogP contribution in [0.1, 0.15) is 86.5 Å². The standard InChI is InChI=1S/C21H28F3NO/c1-12(2)14-8-15-10-17(13-6-4-3-5-7-13)19(21(22,23)24)11-16(15)18(9-14)20(25)26/h10-14,18H,3-9H2,1-2H3,(H2,25,26). The fraction of sp³-hybridized carbons (Fsp3) is 0.667. The summed E-state index contributed by atoms with van der Waals surface area (Å²) >= 11 is 0. The minimum atomic E-state index is -4.40. The van der Waals surface area contributed by atoms with Crippen molar-refractivity contribution >= 4 is 5.91 Å².